The van der Waals surface area contributed by atoms with Gasteiger partial charge in [-0.15, -0.1) is 0 Å². The minimum absolute atomic E-state index is 0.0537. The van der Waals surface area contributed by atoms with E-state index in [1.165, 1.54) is 0 Å². The first-order chi connectivity index (χ1) is 14.5. The highest BCUT2D eigenvalue weighted by molar-refractivity contribution is 7.99. The molecular weight excluding hydrogens is 402 g/mol. The summed E-state index contributed by atoms with van der Waals surface area (Å²) in [4.78, 5) is 26.1. The molecule has 6 nitrogen and oxygen atoms in total. The van der Waals surface area contributed by atoms with Gasteiger partial charge in [0, 0.05) is 34.7 Å². The van der Waals surface area contributed by atoms with E-state index in [-0.39, 0.29) is 5.78 Å². The lowest BCUT2D eigenvalue weighted by atomic mass is 9.75. The van der Waals surface area contributed by atoms with Crippen molar-refractivity contribution in [2.45, 2.75) is 39.0 Å². The number of ether oxygens (including phenoxy) is 3. The zero-order valence-corrected chi connectivity index (χ0v) is 18.8. The summed E-state index contributed by atoms with van der Waals surface area (Å²) >= 11 is 1.72. The van der Waals surface area contributed by atoms with Gasteiger partial charge in [-0.1, -0.05) is 6.92 Å². The molecule has 1 aliphatic heterocycles. The Bertz CT molecular complexity index is 890. The Kier molecular flexibility index (Phi) is 7.48. The number of nitrogens with one attached hydrogen (secondary N) is 1. The van der Waals surface area contributed by atoms with Gasteiger partial charge in [0.1, 0.15) is 18.1 Å². The van der Waals surface area contributed by atoms with Crippen LogP contribution >= 0.6 is 11.8 Å². The number of allylic oxidation sites excluding steroid dienone is 3. The number of carbonyl (C=O) groups excluding carboxylic acids is 2. The largest absolute Gasteiger partial charge is 0.497 e. The first-order valence-electron chi connectivity index (χ1n) is 10.2. The molecule has 162 valence electrons. The summed E-state index contributed by atoms with van der Waals surface area (Å²) in [6.07, 6.45) is 2.04. The molecule has 0 fully saturated rings. The van der Waals surface area contributed by atoms with Crippen LogP contribution in [0.15, 0.2) is 40.7 Å². The molecule has 1 aliphatic carbocycles. The van der Waals surface area contributed by atoms with Crippen LogP contribution in [0.5, 0.6) is 11.5 Å². The average molecular weight is 432 g/mol. The molecule has 0 spiro atoms. The lowest BCUT2D eigenvalue weighted by molar-refractivity contribution is -0.138. The topological polar surface area (TPSA) is 73.9 Å². The SMILES string of the molecule is CCSCCOC(=O)C1=C(C)NC2=C(C(=O)CCC2)C1c1cc(OC)ccc1OC. The second-order valence-corrected chi connectivity index (χ2v) is 8.60. The second kappa shape index (κ2) is 10.1. The Hall–Kier alpha value is -2.41. The van der Waals surface area contributed by atoms with E-state index in [1.807, 2.05) is 13.0 Å². The molecule has 30 heavy (non-hydrogen) atoms. The minimum atomic E-state index is -0.551. The molecule has 1 aromatic carbocycles. The van der Waals surface area contributed by atoms with Crippen molar-refractivity contribution in [3.8, 4) is 11.5 Å². The highest BCUT2D eigenvalue weighted by atomic mass is 32.2. The minimum Gasteiger partial charge on any atom is -0.497 e. The molecule has 1 N–H and O–H groups in total. The van der Waals surface area contributed by atoms with Gasteiger partial charge in [0.25, 0.3) is 0 Å². The molecule has 0 amide bonds. The molecule has 0 saturated carbocycles. The van der Waals surface area contributed by atoms with Crippen molar-refractivity contribution in [2.75, 3.05) is 32.3 Å². The van der Waals surface area contributed by atoms with Crippen LogP contribution in [0.25, 0.3) is 0 Å². The fraction of sp³-hybridized carbons (Fsp3) is 0.478. The molecule has 1 atom stereocenters. The van der Waals surface area contributed by atoms with Crippen molar-refractivity contribution < 1.29 is 23.8 Å². The molecular formula is C23H29NO5S. The Labute approximate surface area is 182 Å². The van der Waals surface area contributed by atoms with Crippen LogP contribution in [0.1, 0.15) is 44.6 Å². The quantitative estimate of drug-likeness (QED) is 0.493. The van der Waals surface area contributed by atoms with E-state index in [0.717, 1.165) is 35.6 Å². The number of thioether (sulfide) groups is 1. The molecule has 2 aliphatic rings. The fourth-order valence-corrected chi connectivity index (χ4v) is 4.54. The second-order valence-electron chi connectivity index (χ2n) is 7.21. The van der Waals surface area contributed by atoms with Crippen molar-refractivity contribution in [3.05, 3.63) is 46.3 Å². The van der Waals surface area contributed by atoms with Gasteiger partial charge in [0.15, 0.2) is 5.78 Å². The maximum absolute atomic E-state index is 13.2. The Morgan fingerprint density at radius 3 is 2.73 bits per heavy atom. The van der Waals surface area contributed by atoms with E-state index in [4.69, 9.17) is 14.2 Å². The molecule has 0 saturated heterocycles. The van der Waals surface area contributed by atoms with Crippen molar-refractivity contribution in [2.24, 2.45) is 0 Å². The van der Waals surface area contributed by atoms with E-state index in [2.05, 4.69) is 12.2 Å². The average Bonchev–Trinajstić information content (AvgIpc) is 2.75. The van der Waals surface area contributed by atoms with Gasteiger partial charge in [-0.05, 0) is 43.7 Å². The predicted octanol–water partition coefficient (Wildman–Crippen LogP) is 3.97. The van der Waals surface area contributed by atoms with Crippen LogP contribution in [0.3, 0.4) is 0 Å². The van der Waals surface area contributed by atoms with Crippen LogP contribution in [-0.2, 0) is 14.3 Å². The Balaban J connectivity index is 2.09. The van der Waals surface area contributed by atoms with Crippen molar-refractivity contribution in [3.63, 3.8) is 0 Å². The molecule has 1 unspecified atom stereocenters. The van der Waals surface area contributed by atoms with Gasteiger partial charge < -0.3 is 19.5 Å². The van der Waals surface area contributed by atoms with E-state index >= 15 is 0 Å². The third kappa shape index (κ3) is 4.51. The number of esters is 1. The summed E-state index contributed by atoms with van der Waals surface area (Å²) in [5.41, 5.74) is 3.42. The molecule has 0 bridgehead atoms. The Morgan fingerprint density at radius 1 is 1.23 bits per heavy atom. The summed E-state index contributed by atoms with van der Waals surface area (Å²) in [5, 5.41) is 3.31. The van der Waals surface area contributed by atoms with Crippen LogP contribution in [0.2, 0.25) is 0 Å². The normalized spacial score (nSPS) is 18.7. The number of hydrogen-bond acceptors (Lipinski definition) is 7. The van der Waals surface area contributed by atoms with Gasteiger partial charge in [-0.2, -0.15) is 11.8 Å². The van der Waals surface area contributed by atoms with Gasteiger partial charge in [0.2, 0.25) is 0 Å². The first kappa shape index (κ1) is 22.3. The lowest BCUT2D eigenvalue weighted by Crippen LogP contribution is -2.34. The molecule has 7 heteroatoms. The van der Waals surface area contributed by atoms with Crippen LogP contribution in [-0.4, -0.2) is 44.1 Å². The van der Waals surface area contributed by atoms with Crippen LogP contribution in [0.4, 0.5) is 0 Å². The number of Topliss-reactive ketones (excluding diaryl/α,β-unsaturated/α-hetero) is 1. The van der Waals surface area contributed by atoms with Gasteiger partial charge in [0.05, 0.1) is 25.7 Å². The van der Waals surface area contributed by atoms with E-state index in [1.54, 1.807) is 38.1 Å². The maximum atomic E-state index is 13.2. The zero-order valence-electron chi connectivity index (χ0n) is 18.0. The monoisotopic (exact) mass is 431 g/mol. The summed E-state index contributed by atoms with van der Waals surface area (Å²) in [6, 6.07) is 5.45. The Morgan fingerprint density at radius 2 is 2.03 bits per heavy atom. The smallest absolute Gasteiger partial charge is 0.336 e. The van der Waals surface area contributed by atoms with Crippen molar-refractivity contribution >= 4 is 23.5 Å². The summed E-state index contributed by atoms with van der Waals surface area (Å²) in [5.74, 6) is 2.05. The van der Waals surface area contributed by atoms with E-state index in [9.17, 15) is 9.59 Å². The fourth-order valence-electron chi connectivity index (χ4n) is 4.05. The molecule has 1 heterocycles. The lowest BCUT2D eigenvalue weighted by Gasteiger charge is -2.34. The highest BCUT2D eigenvalue weighted by Gasteiger charge is 2.40. The molecule has 0 aromatic heterocycles. The number of benzene rings is 1. The number of ketones is 1. The number of methoxy groups -OCH3 is 2. The summed E-state index contributed by atoms with van der Waals surface area (Å²) in [6.45, 7) is 4.26. The molecule has 3 rings (SSSR count). The third-order valence-electron chi connectivity index (χ3n) is 5.41. The standard InChI is InChI=1S/C23H29NO5S/c1-5-30-12-11-29-23(26)20-14(2)24-17-7-6-8-18(25)22(17)21(20)16-13-15(27-3)9-10-19(16)28-4/h9-10,13,21,24H,5-8,11-12H2,1-4H3. The molecule has 0 radical (unpaired) electrons. The van der Waals surface area contributed by atoms with Crippen LogP contribution in [0, 0.1) is 0 Å². The van der Waals surface area contributed by atoms with Gasteiger partial charge >= 0.3 is 5.97 Å². The van der Waals surface area contributed by atoms with Gasteiger partial charge in [-0.3, -0.25) is 4.79 Å². The number of dihydropyridines is 1. The molecule has 1 aromatic rings. The van der Waals surface area contributed by atoms with Crippen molar-refractivity contribution in [1.29, 1.82) is 0 Å². The highest BCUT2D eigenvalue weighted by Crippen LogP contribution is 2.46. The summed E-state index contributed by atoms with van der Waals surface area (Å²) in [7, 11) is 3.17. The van der Waals surface area contributed by atoms with E-state index in [0.29, 0.717) is 41.4 Å². The summed E-state index contributed by atoms with van der Waals surface area (Å²) < 4.78 is 16.6. The number of rotatable bonds is 8. The van der Waals surface area contributed by atoms with Gasteiger partial charge in [-0.25, -0.2) is 4.79 Å². The maximum Gasteiger partial charge on any atom is 0.336 e. The predicted molar refractivity (Wildman–Crippen MR) is 118 cm³/mol. The first-order valence-corrected chi connectivity index (χ1v) is 11.4. The van der Waals surface area contributed by atoms with Crippen LogP contribution < -0.4 is 14.8 Å². The third-order valence-corrected chi connectivity index (χ3v) is 6.27. The number of carbonyl (C=O) groups is 2. The van der Waals surface area contributed by atoms with Crippen molar-refractivity contribution in [1.82, 2.24) is 5.32 Å². The number of hydrogen-bond donors (Lipinski definition) is 1. The zero-order chi connectivity index (χ0) is 21.7. The van der Waals surface area contributed by atoms with E-state index < -0.39 is 11.9 Å².